The maximum atomic E-state index is 12.1. The van der Waals surface area contributed by atoms with Crippen LogP contribution < -0.4 is 10.6 Å². The number of anilines is 1. The van der Waals surface area contributed by atoms with Crippen LogP contribution in [0.1, 0.15) is 72.8 Å². The highest BCUT2D eigenvalue weighted by molar-refractivity contribution is 5.90. The summed E-state index contributed by atoms with van der Waals surface area (Å²) in [7, 11) is 0. The summed E-state index contributed by atoms with van der Waals surface area (Å²) >= 11 is 0. The maximum absolute atomic E-state index is 12.1. The van der Waals surface area contributed by atoms with Crippen molar-refractivity contribution < 1.29 is 14.3 Å². The quantitative estimate of drug-likeness (QED) is 0.670. The van der Waals surface area contributed by atoms with Crippen LogP contribution in [-0.2, 0) is 14.9 Å². The zero-order valence-corrected chi connectivity index (χ0v) is 17.1. The molecule has 0 radical (unpaired) electrons. The number of benzene rings is 1. The van der Waals surface area contributed by atoms with E-state index in [1.165, 1.54) is 5.56 Å². The van der Waals surface area contributed by atoms with Crippen molar-refractivity contribution in [2.45, 2.75) is 78.2 Å². The first kappa shape index (κ1) is 22.0. The normalized spacial score (nSPS) is 11.8. The van der Waals surface area contributed by atoms with E-state index in [0.29, 0.717) is 13.0 Å². The van der Waals surface area contributed by atoms with Crippen LogP contribution in [0.5, 0.6) is 0 Å². The van der Waals surface area contributed by atoms with E-state index in [0.717, 1.165) is 24.9 Å². The van der Waals surface area contributed by atoms with E-state index in [1.807, 2.05) is 39.0 Å². The van der Waals surface area contributed by atoms with Crippen LogP contribution in [-0.4, -0.2) is 24.1 Å². The molecule has 0 atom stereocenters. The van der Waals surface area contributed by atoms with Gasteiger partial charge in [-0.25, -0.2) is 4.79 Å². The average molecular weight is 363 g/mol. The number of rotatable bonds is 7. The third-order valence-corrected chi connectivity index (χ3v) is 3.76. The Kier molecular flexibility index (Phi) is 8.12. The van der Waals surface area contributed by atoms with E-state index in [2.05, 4.69) is 37.5 Å². The van der Waals surface area contributed by atoms with Gasteiger partial charge in [-0.3, -0.25) is 4.79 Å². The molecule has 1 aromatic carbocycles. The van der Waals surface area contributed by atoms with E-state index in [4.69, 9.17) is 4.74 Å². The first-order chi connectivity index (χ1) is 12.0. The van der Waals surface area contributed by atoms with E-state index < -0.39 is 11.7 Å². The van der Waals surface area contributed by atoms with Crippen molar-refractivity contribution in [3.05, 3.63) is 29.8 Å². The summed E-state index contributed by atoms with van der Waals surface area (Å²) in [6, 6.07) is 7.99. The van der Waals surface area contributed by atoms with E-state index >= 15 is 0 Å². The smallest absolute Gasteiger partial charge is 0.407 e. The number of hydrogen-bond donors (Lipinski definition) is 2. The van der Waals surface area contributed by atoms with Gasteiger partial charge in [0.1, 0.15) is 5.60 Å². The predicted octanol–water partition coefficient (Wildman–Crippen LogP) is 5.01. The van der Waals surface area contributed by atoms with Gasteiger partial charge in [0.15, 0.2) is 0 Å². The van der Waals surface area contributed by atoms with Crippen LogP contribution in [0.25, 0.3) is 0 Å². The first-order valence-electron chi connectivity index (χ1n) is 9.34. The van der Waals surface area contributed by atoms with Crippen LogP contribution in [0.4, 0.5) is 10.5 Å². The molecule has 0 fully saturated rings. The molecule has 0 aliphatic rings. The Morgan fingerprint density at radius 2 is 1.69 bits per heavy atom. The molecule has 0 saturated carbocycles. The molecule has 26 heavy (non-hydrogen) atoms. The molecule has 2 amide bonds. The molecular weight excluding hydrogens is 328 g/mol. The zero-order chi connectivity index (χ0) is 19.8. The van der Waals surface area contributed by atoms with E-state index in [-0.39, 0.29) is 11.3 Å². The first-order valence-corrected chi connectivity index (χ1v) is 9.34. The monoisotopic (exact) mass is 362 g/mol. The molecule has 0 saturated heterocycles. The molecule has 0 heterocycles. The fourth-order valence-electron chi connectivity index (χ4n) is 2.38. The molecular formula is C21H34N2O3. The molecule has 0 aliphatic carbocycles. The second kappa shape index (κ2) is 9.60. The van der Waals surface area contributed by atoms with Gasteiger partial charge in [-0.05, 0) is 56.7 Å². The van der Waals surface area contributed by atoms with Crippen molar-refractivity contribution in [3.63, 3.8) is 0 Å². The summed E-state index contributed by atoms with van der Waals surface area (Å²) in [5.41, 5.74) is 1.62. The third kappa shape index (κ3) is 9.44. The summed E-state index contributed by atoms with van der Waals surface area (Å²) < 4.78 is 5.17. The highest BCUT2D eigenvalue weighted by Gasteiger charge is 2.15. The number of carbonyl (C=O) groups excluding carboxylic acids is 2. The number of nitrogens with one attached hydrogen (secondary N) is 2. The fourth-order valence-corrected chi connectivity index (χ4v) is 2.38. The zero-order valence-electron chi connectivity index (χ0n) is 17.1. The van der Waals surface area contributed by atoms with Gasteiger partial charge in [-0.1, -0.05) is 39.3 Å². The van der Waals surface area contributed by atoms with Gasteiger partial charge < -0.3 is 15.4 Å². The minimum absolute atomic E-state index is 0.0242. The summed E-state index contributed by atoms with van der Waals surface area (Å²) in [6.07, 6.45) is 2.58. The Morgan fingerprint density at radius 3 is 2.31 bits per heavy atom. The van der Waals surface area contributed by atoms with Crippen molar-refractivity contribution >= 4 is 17.7 Å². The van der Waals surface area contributed by atoms with Crippen molar-refractivity contribution in [1.82, 2.24) is 5.32 Å². The fraction of sp³-hybridized carbons (Fsp3) is 0.619. The standard InChI is InChI=1S/C21H34N2O3/c1-20(2,3)16-11-10-12-17(15-16)23-18(24)13-8-7-9-14-22-19(25)26-21(4,5)6/h10-12,15H,7-9,13-14H2,1-6H3,(H,22,25)(H,23,24). The third-order valence-electron chi connectivity index (χ3n) is 3.76. The lowest BCUT2D eigenvalue weighted by Crippen LogP contribution is -2.33. The number of ether oxygens (including phenoxy) is 1. The van der Waals surface area contributed by atoms with Crippen LogP contribution in [0.2, 0.25) is 0 Å². The van der Waals surface area contributed by atoms with Crippen molar-refractivity contribution in [2.75, 3.05) is 11.9 Å². The number of alkyl carbamates (subject to hydrolysis) is 1. The van der Waals surface area contributed by atoms with Gasteiger partial charge in [0.2, 0.25) is 5.91 Å². The Balaban J connectivity index is 2.23. The molecule has 0 aliphatic heterocycles. The molecule has 5 nitrogen and oxygen atoms in total. The van der Waals surface area contributed by atoms with Gasteiger partial charge in [-0.2, -0.15) is 0 Å². The lowest BCUT2D eigenvalue weighted by Gasteiger charge is -2.20. The van der Waals surface area contributed by atoms with Crippen molar-refractivity contribution in [1.29, 1.82) is 0 Å². The molecule has 146 valence electrons. The molecule has 5 heteroatoms. The van der Waals surface area contributed by atoms with E-state index in [9.17, 15) is 9.59 Å². The molecule has 0 unspecified atom stereocenters. The Bertz CT molecular complexity index is 598. The second-order valence-corrected chi connectivity index (χ2v) is 8.62. The SMILES string of the molecule is CC(C)(C)OC(=O)NCCCCCC(=O)Nc1cccc(C(C)(C)C)c1. The minimum Gasteiger partial charge on any atom is -0.444 e. The average Bonchev–Trinajstić information content (AvgIpc) is 2.48. The maximum Gasteiger partial charge on any atom is 0.407 e. The molecule has 0 aromatic heterocycles. The van der Waals surface area contributed by atoms with Crippen LogP contribution in [0.3, 0.4) is 0 Å². The number of carbonyl (C=O) groups is 2. The lowest BCUT2D eigenvalue weighted by molar-refractivity contribution is -0.116. The Morgan fingerprint density at radius 1 is 1.00 bits per heavy atom. The largest absolute Gasteiger partial charge is 0.444 e. The predicted molar refractivity (Wildman–Crippen MR) is 106 cm³/mol. The Labute approximate surface area is 157 Å². The number of unbranched alkanes of at least 4 members (excludes halogenated alkanes) is 2. The topological polar surface area (TPSA) is 67.4 Å². The van der Waals surface area contributed by atoms with Crippen molar-refractivity contribution in [3.8, 4) is 0 Å². The molecule has 1 rings (SSSR count). The number of hydrogen-bond acceptors (Lipinski definition) is 3. The van der Waals surface area contributed by atoms with Crippen LogP contribution in [0, 0.1) is 0 Å². The Hall–Kier alpha value is -2.04. The van der Waals surface area contributed by atoms with Gasteiger partial charge in [0.05, 0.1) is 0 Å². The number of amides is 2. The van der Waals surface area contributed by atoms with E-state index in [1.54, 1.807) is 0 Å². The second-order valence-electron chi connectivity index (χ2n) is 8.62. The van der Waals surface area contributed by atoms with Gasteiger partial charge in [0, 0.05) is 18.7 Å². The molecule has 2 N–H and O–H groups in total. The minimum atomic E-state index is -0.480. The summed E-state index contributed by atoms with van der Waals surface area (Å²) in [6.45, 7) is 12.5. The molecule has 0 bridgehead atoms. The summed E-state index contributed by atoms with van der Waals surface area (Å²) in [5, 5.41) is 5.69. The lowest BCUT2D eigenvalue weighted by atomic mass is 9.87. The highest BCUT2D eigenvalue weighted by atomic mass is 16.6. The summed E-state index contributed by atoms with van der Waals surface area (Å²) in [4.78, 5) is 23.6. The van der Waals surface area contributed by atoms with Gasteiger partial charge in [-0.15, -0.1) is 0 Å². The highest BCUT2D eigenvalue weighted by Crippen LogP contribution is 2.24. The van der Waals surface area contributed by atoms with Crippen LogP contribution in [0.15, 0.2) is 24.3 Å². The molecule has 1 aromatic rings. The molecule has 0 spiro atoms. The van der Waals surface area contributed by atoms with Crippen LogP contribution >= 0.6 is 0 Å². The van der Waals surface area contributed by atoms with Gasteiger partial charge in [0.25, 0.3) is 0 Å². The van der Waals surface area contributed by atoms with Crippen molar-refractivity contribution in [2.24, 2.45) is 0 Å². The summed E-state index contributed by atoms with van der Waals surface area (Å²) in [5.74, 6) is 0.0242. The van der Waals surface area contributed by atoms with Gasteiger partial charge >= 0.3 is 6.09 Å².